The van der Waals surface area contributed by atoms with Gasteiger partial charge in [0.2, 0.25) is 0 Å². The first kappa shape index (κ1) is 11.5. The minimum atomic E-state index is -0.969. The first-order valence-electron chi connectivity index (χ1n) is 5.59. The summed E-state index contributed by atoms with van der Waals surface area (Å²) in [7, 11) is 0. The summed E-state index contributed by atoms with van der Waals surface area (Å²) in [5.41, 5.74) is 0.764. The number of hydrogen-bond acceptors (Lipinski definition) is 2. The Morgan fingerprint density at radius 3 is 2.58 bits per heavy atom. The van der Waals surface area contributed by atoms with E-state index in [4.69, 9.17) is 0 Å². The lowest BCUT2D eigenvalue weighted by Crippen LogP contribution is -2.11. The molecule has 0 saturated carbocycles. The van der Waals surface area contributed by atoms with Crippen molar-refractivity contribution in [3.05, 3.63) is 64.6 Å². The van der Waals surface area contributed by atoms with Gasteiger partial charge < -0.3 is 4.98 Å². The Hall–Kier alpha value is -2.56. The van der Waals surface area contributed by atoms with Gasteiger partial charge in [-0.25, -0.2) is 13.6 Å². The van der Waals surface area contributed by atoms with Crippen molar-refractivity contribution in [1.82, 2.24) is 9.97 Å². The van der Waals surface area contributed by atoms with E-state index in [1.807, 2.05) is 0 Å². The van der Waals surface area contributed by atoms with Gasteiger partial charge in [0, 0.05) is 10.9 Å². The van der Waals surface area contributed by atoms with E-state index in [2.05, 4.69) is 9.97 Å². The zero-order chi connectivity index (χ0) is 13.4. The van der Waals surface area contributed by atoms with Gasteiger partial charge in [-0.3, -0.25) is 0 Å². The predicted octanol–water partition coefficient (Wildman–Crippen LogP) is 2.87. The zero-order valence-electron chi connectivity index (χ0n) is 9.65. The van der Waals surface area contributed by atoms with Crippen LogP contribution in [0.3, 0.4) is 0 Å². The van der Waals surface area contributed by atoms with E-state index in [9.17, 15) is 13.6 Å². The molecule has 0 unspecified atom stereocenters. The average molecular weight is 258 g/mol. The van der Waals surface area contributed by atoms with E-state index >= 15 is 0 Å². The molecule has 0 aliphatic carbocycles. The third-order valence-electron chi connectivity index (χ3n) is 2.83. The van der Waals surface area contributed by atoms with E-state index in [1.165, 1.54) is 6.07 Å². The molecule has 0 radical (unpaired) electrons. The molecule has 0 saturated heterocycles. The number of aromatic nitrogens is 2. The van der Waals surface area contributed by atoms with Crippen LogP contribution in [0, 0.1) is 11.6 Å². The maximum Gasteiger partial charge on any atom is 0.345 e. The van der Waals surface area contributed by atoms with E-state index in [-0.39, 0.29) is 0 Å². The van der Waals surface area contributed by atoms with Crippen LogP contribution in [0.15, 0.2) is 47.3 Å². The van der Waals surface area contributed by atoms with Crippen LogP contribution in [0.4, 0.5) is 8.78 Å². The van der Waals surface area contributed by atoms with Gasteiger partial charge in [-0.05, 0) is 24.3 Å². The number of halogens is 2. The fraction of sp³-hybridized carbons (Fsp3) is 0. The van der Waals surface area contributed by atoms with Gasteiger partial charge in [-0.2, -0.15) is 4.98 Å². The molecular weight excluding hydrogens is 250 g/mol. The molecule has 5 heteroatoms. The van der Waals surface area contributed by atoms with Gasteiger partial charge in [0.1, 0.15) is 0 Å². The van der Waals surface area contributed by atoms with Gasteiger partial charge in [0.25, 0.3) is 0 Å². The number of H-pyrrole nitrogens is 1. The number of hydrogen-bond donors (Lipinski definition) is 1. The first-order valence-corrected chi connectivity index (χ1v) is 5.59. The monoisotopic (exact) mass is 258 g/mol. The summed E-state index contributed by atoms with van der Waals surface area (Å²) in [5, 5.41) is 0.674. The lowest BCUT2D eigenvalue weighted by molar-refractivity contribution is 0.509. The van der Waals surface area contributed by atoms with E-state index in [1.54, 1.807) is 24.3 Å². The van der Waals surface area contributed by atoms with E-state index in [0.29, 0.717) is 22.2 Å². The number of aromatic amines is 1. The molecule has 0 bridgehead atoms. The van der Waals surface area contributed by atoms with Crippen LogP contribution in [-0.2, 0) is 0 Å². The highest BCUT2D eigenvalue weighted by Crippen LogP contribution is 2.25. The highest BCUT2D eigenvalue weighted by molar-refractivity contribution is 5.91. The Labute approximate surface area is 106 Å². The van der Waals surface area contributed by atoms with E-state index in [0.717, 1.165) is 12.1 Å². The van der Waals surface area contributed by atoms with Gasteiger partial charge in [0.15, 0.2) is 11.6 Å². The summed E-state index contributed by atoms with van der Waals surface area (Å²) >= 11 is 0. The minimum Gasteiger partial charge on any atom is -0.305 e. The summed E-state index contributed by atoms with van der Waals surface area (Å²) in [6.07, 6.45) is 0. The highest BCUT2D eigenvalue weighted by Gasteiger charge is 2.10. The van der Waals surface area contributed by atoms with Crippen molar-refractivity contribution >= 4 is 10.9 Å². The van der Waals surface area contributed by atoms with Crippen LogP contribution >= 0.6 is 0 Å². The second-order valence-electron chi connectivity index (χ2n) is 4.07. The molecule has 2 aromatic carbocycles. The molecule has 0 atom stereocenters. The smallest absolute Gasteiger partial charge is 0.305 e. The maximum absolute atomic E-state index is 13.3. The van der Waals surface area contributed by atoms with Gasteiger partial charge in [-0.15, -0.1) is 0 Å². The maximum atomic E-state index is 13.3. The summed E-state index contributed by atoms with van der Waals surface area (Å²) < 4.78 is 26.2. The third-order valence-corrected chi connectivity index (χ3v) is 2.83. The highest BCUT2D eigenvalue weighted by atomic mass is 19.2. The van der Waals surface area contributed by atoms with E-state index < -0.39 is 17.3 Å². The largest absolute Gasteiger partial charge is 0.345 e. The molecule has 1 aromatic heterocycles. The Morgan fingerprint density at radius 1 is 1.00 bits per heavy atom. The fourth-order valence-electron chi connectivity index (χ4n) is 1.97. The molecule has 0 aliphatic heterocycles. The average Bonchev–Trinajstić information content (AvgIpc) is 2.41. The summed E-state index contributed by atoms with van der Waals surface area (Å²) in [5.74, 6) is -1.90. The second kappa shape index (κ2) is 4.28. The second-order valence-corrected chi connectivity index (χ2v) is 4.07. The number of fused-ring (bicyclic) bond motifs is 1. The van der Waals surface area contributed by atoms with Crippen molar-refractivity contribution < 1.29 is 8.78 Å². The van der Waals surface area contributed by atoms with Crippen molar-refractivity contribution in [1.29, 1.82) is 0 Å². The SMILES string of the molecule is O=c1nc(-c2ccc(F)c(F)c2)c2ccccc2[nH]1. The molecule has 19 heavy (non-hydrogen) atoms. The summed E-state index contributed by atoms with van der Waals surface area (Å²) in [4.78, 5) is 17.9. The van der Waals surface area contributed by atoms with Crippen molar-refractivity contribution in [2.75, 3.05) is 0 Å². The molecule has 1 heterocycles. The summed E-state index contributed by atoms with van der Waals surface area (Å²) in [6, 6.07) is 10.5. The van der Waals surface area contributed by atoms with Crippen molar-refractivity contribution in [3.8, 4) is 11.3 Å². The molecule has 3 rings (SSSR count). The molecular formula is C14H8F2N2O. The lowest BCUT2D eigenvalue weighted by Gasteiger charge is -2.05. The predicted molar refractivity (Wildman–Crippen MR) is 67.7 cm³/mol. The Bertz CT molecular complexity index is 827. The van der Waals surface area contributed by atoms with Crippen LogP contribution in [0.5, 0.6) is 0 Å². The molecule has 3 nitrogen and oxygen atoms in total. The lowest BCUT2D eigenvalue weighted by atomic mass is 10.1. The topological polar surface area (TPSA) is 45.8 Å². The fourth-order valence-corrected chi connectivity index (χ4v) is 1.97. The van der Waals surface area contributed by atoms with Crippen LogP contribution in [0.1, 0.15) is 0 Å². The molecule has 94 valence electrons. The molecule has 1 N–H and O–H groups in total. The number of nitrogens with zero attached hydrogens (tertiary/aromatic N) is 1. The van der Waals surface area contributed by atoms with Crippen LogP contribution < -0.4 is 5.69 Å². The van der Waals surface area contributed by atoms with Crippen molar-refractivity contribution in [2.24, 2.45) is 0 Å². The Kier molecular flexibility index (Phi) is 2.59. The third kappa shape index (κ3) is 1.99. The molecule has 0 aliphatic rings. The van der Waals surface area contributed by atoms with Crippen molar-refractivity contribution in [2.45, 2.75) is 0 Å². The van der Waals surface area contributed by atoms with Crippen LogP contribution in [0.2, 0.25) is 0 Å². The molecule has 0 amide bonds. The van der Waals surface area contributed by atoms with Gasteiger partial charge >= 0.3 is 5.69 Å². The number of nitrogens with one attached hydrogen (secondary N) is 1. The summed E-state index contributed by atoms with van der Waals surface area (Å²) in [6.45, 7) is 0. The minimum absolute atomic E-state index is 0.332. The molecule has 3 aromatic rings. The quantitative estimate of drug-likeness (QED) is 0.729. The van der Waals surface area contributed by atoms with Gasteiger partial charge in [0.05, 0.1) is 11.2 Å². The van der Waals surface area contributed by atoms with Crippen molar-refractivity contribution in [3.63, 3.8) is 0 Å². The number of benzene rings is 2. The standard InChI is InChI=1S/C14H8F2N2O/c15-10-6-5-8(7-11(10)16)13-9-3-1-2-4-12(9)17-14(19)18-13/h1-7H,(H,17,18,19). The number of para-hydroxylation sites is 1. The van der Waals surface area contributed by atoms with Crippen LogP contribution in [-0.4, -0.2) is 9.97 Å². The van der Waals surface area contributed by atoms with Gasteiger partial charge in [-0.1, -0.05) is 18.2 Å². The molecule has 0 fully saturated rings. The first-order chi connectivity index (χ1) is 9.15. The zero-order valence-corrected chi connectivity index (χ0v) is 9.65. The Balaban J connectivity index is 2.35. The number of rotatable bonds is 1. The molecule has 0 spiro atoms. The Morgan fingerprint density at radius 2 is 1.79 bits per heavy atom. The normalized spacial score (nSPS) is 10.8. The van der Waals surface area contributed by atoms with Crippen LogP contribution in [0.25, 0.3) is 22.2 Å².